The lowest BCUT2D eigenvalue weighted by atomic mass is 9.90. The van der Waals surface area contributed by atoms with Gasteiger partial charge in [-0.3, -0.25) is 4.79 Å². The van der Waals surface area contributed by atoms with Gasteiger partial charge in [0, 0.05) is 48.6 Å². The molecule has 4 aromatic carbocycles. The predicted molar refractivity (Wildman–Crippen MR) is 173 cm³/mol. The average molecular weight is 581 g/mol. The number of carbonyl (C=O) groups is 1. The molecule has 4 aromatic rings. The lowest BCUT2D eigenvalue weighted by Crippen LogP contribution is -2.40. The molecular formula is C37H41ClN2O2. The van der Waals surface area contributed by atoms with Gasteiger partial charge in [0.2, 0.25) is 0 Å². The van der Waals surface area contributed by atoms with Gasteiger partial charge in [0.1, 0.15) is 11.9 Å². The summed E-state index contributed by atoms with van der Waals surface area (Å²) in [7, 11) is 4.06. The summed E-state index contributed by atoms with van der Waals surface area (Å²) in [5.74, 6) is 1.25. The summed E-state index contributed by atoms with van der Waals surface area (Å²) < 4.78 is 6.41. The standard InChI is InChI=1S/C37H41ClN2O2/c1-39(2)36(33-18-9-10-19-35(33)38)20-21-37(41)30-16-11-17-32(26-30)42-31-22-24-40(25-23-31)27-34(28-12-5-3-6-13-28)29-14-7-4-8-15-29/h3-19,26,31,34,36H,20-25,27H2,1-2H3. The maximum absolute atomic E-state index is 13.2. The summed E-state index contributed by atoms with van der Waals surface area (Å²) in [6, 6.07) is 37.3. The number of benzene rings is 4. The zero-order valence-corrected chi connectivity index (χ0v) is 25.4. The number of piperidine rings is 1. The molecule has 0 aromatic heterocycles. The number of halogens is 1. The van der Waals surface area contributed by atoms with Crippen molar-refractivity contribution in [2.75, 3.05) is 33.7 Å². The van der Waals surface area contributed by atoms with Crippen molar-refractivity contribution in [2.45, 2.75) is 43.7 Å². The van der Waals surface area contributed by atoms with Crippen LogP contribution in [0.2, 0.25) is 5.02 Å². The molecule has 1 aliphatic heterocycles. The Labute approximate surface area is 255 Å². The van der Waals surface area contributed by atoms with Crippen LogP contribution < -0.4 is 4.74 Å². The number of nitrogens with zero attached hydrogens (tertiary/aromatic N) is 2. The Morgan fingerprint density at radius 3 is 2.10 bits per heavy atom. The van der Waals surface area contributed by atoms with Gasteiger partial charge in [0.05, 0.1) is 0 Å². The molecule has 218 valence electrons. The smallest absolute Gasteiger partial charge is 0.163 e. The maximum atomic E-state index is 13.2. The third-order valence-corrected chi connectivity index (χ3v) is 8.71. The first-order valence-electron chi connectivity index (χ1n) is 15.0. The minimum absolute atomic E-state index is 0.0793. The second kappa shape index (κ2) is 14.6. The zero-order valence-electron chi connectivity index (χ0n) is 24.7. The average Bonchev–Trinajstić information content (AvgIpc) is 3.02. The SMILES string of the molecule is CN(C)C(CCC(=O)c1cccc(OC2CCN(CC(c3ccccc3)c3ccccc3)CC2)c1)c1ccccc1Cl. The van der Waals surface area contributed by atoms with Crippen molar-refractivity contribution in [1.82, 2.24) is 9.80 Å². The van der Waals surface area contributed by atoms with E-state index in [-0.39, 0.29) is 17.9 Å². The van der Waals surface area contributed by atoms with Crippen LogP contribution in [0.5, 0.6) is 5.75 Å². The monoisotopic (exact) mass is 580 g/mol. The van der Waals surface area contributed by atoms with E-state index >= 15 is 0 Å². The summed E-state index contributed by atoms with van der Waals surface area (Å²) >= 11 is 6.47. The van der Waals surface area contributed by atoms with Crippen molar-refractivity contribution in [3.05, 3.63) is 136 Å². The first-order valence-corrected chi connectivity index (χ1v) is 15.4. The number of Topliss-reactive ketones (excluding diaryl/α,β-unsaturated/α-hetero) is 1. The third-order valence-electron chi connectivity index (χ3n) is 8.37. The highest BCUT2D eigenvalue weighted by molar-refractivity contribution is 6.31. The van der Waals surface area contributed by atoms with Gasteiger partial charge in [0.15, 0.2) is 5.78 Å². The predicted octanol–water partition coefficient (Wildman–Crippen LogP) is 8.28. The summed E-state index contributed by atoms with van der Waals surface area (Å²) in [4.78, 5) is 17.9. The van der Waals surface area contributed by atoms with Crippen LogP contribution in [0.1, 0.15) is 64.7 Å². The second-order valence-electron chi connectivity index (χ2n) is 11.5. The van der Waals surface area contributed by atoms with Crippen molar-refractivity contribution < 1.29 is 9.53 Å². The maximum Gasteiger partial charge on any atom is 0.163 e. The fraction of sp³-hybridized carbons (Fsp3) is 0.324. The highest BCUT2D eigenvalue weighted by Crippen LogP contribution is 2.31. The molecule has 0 radical (unpaired) electrons. The molecule has 0 spiro atoms. The Hall–Kier alpha value is -3.44. The number of likely N-dealkylation sites (tertiary alicyclic amines) is 1. The number of hydrogen-bond donors (Lipinski definition) is 0. The van der Waals surface area contributed by atoms with Crippen molar-refractivity contribution in [3.63, 3.8) is 0 Å². The topological polar surface area (TPSA) is 32.8 Å². The van der Waals surface area contributed by atoms with E-state index < -0.39 is 0 Å². The summed E-state index contributed by atoms with van der Waals surface area (Å²) in [5, 5.41) is 0.737. The molecule has 0 aliphatic carbocycles. The van der Waals surface area contributed by atoms with E-state index in [9.17, 15) is 4.79 Å². The van der Waals surface area contributed by atoms with Gasteiger partial charge in [-0.25, -0.2) is 0 Å². The van der Waals surface area contributed by atoms with Crippen LogP contribution in [0, 0.1) is 0 Å². The molecule has 5 rings (SSSR count). The van der Waals surface area contributed by atoms with Crippen molar-refractivity contribution in [1.29, 1.82) is 0 Å². The van der Waals surface area contributed by atoms with E-state index in [0.717, 1.165) is 48.8 Å². The van der Waals surface area contributed by atoms with Crippen molar-refractivity contribution in [2.24, 2.45) is 0 Å². The first-order chi connectivity index (χ1) is 20.5. The lowest BCUT2D eigenvalue weighted by Gasteiger charge is -2.34. The van der Waals surface area contributed by atoms with Gasteiger partial charge in [0.25, 0.3) is 0 Å². The normalized spacial score (nSPS) is 15.2. The molecule has 1 unspecified atom stereocenters. The van der Waals surface area contributed by atoms with E-state index in [1.807, 2.05) is 62.6 Å². The number of ether oxygens (including phenoxy) is 1. The summed E-state index contributed by atoms with van der Waals surface area (Å²) in [6.07, 6.45) is 3.23. The second-order valence-corrected chi connectivity index (χ2v) is 11.9. The Morgan fingerprint density at radius 1 is 0.857 bits per heavy atom. The van der Waals surface area contributed by atoms with Gasteiger partial charge in [-0.05, 0) is 68.2 Å². The Kier molecular flexibility index (Phi) is 10.5. The number of carbonyl (C=O) groups excluding carboxylic acids is 1. The van der Waals surface area contributed by atoms with Crippen LogP contribution in [0.15, 0.2) is 109 Å². The quantitative estimate of drug-likeness (QED) is 0.158. The lowest BCUT2D eigenvalue weighted by molar-refractivity contribution is 0.0953. The third kappa shape index (κ3) is 7.89. The van der Waals surface area contributed by atoms with E-state index in [2.05, 4.69) is 70.5 Å². The zero-order chi connectivity index (χ0) is 29.3. The Balaban J connectivity index is 1.15. The highest BCUT2D eigenvalue weighted by Gasteiger charge is 2.25. The van der Waals surface area contributed by atoms with Crippen LogP contribution in [-0.4, -0.2) is 55.4 Å². The molecule has 1 atom stereocenters. The van der Waals surface area contributed by atoms with E-state index in [0.29, 0.717) is 24.3 Å². The van der Waals surface area contributed by atoms with Crippen molar-refractivity contribution >= 4 is 17.4 Å². The van der Waals surface area contributed by atoms with E-state index in [4.69, 9.17) is 16.3 Å². The molecule has 1 fully saturated rings. The number of ketones is 1. The Morgan fingerprint density at radius 2 is 1.48 bits per heavy atom. The minimum Gasteiger partial charge on any atom is -0.490 e. The van der Waals surface area contributed by atoms with Gasteiger partial charge >= 0.3 is 0 Å². The van der Waals surface area contributed by atoms with Crippen LogP contribution in [0.4, 0.5) is 0 Å². The number of hydrogen-bond acceptors (Lipinski definition) is 4. The number of rotatable bonds is 12. The molecule has 42 heavy (non-hydrogen) atoms. The van der Waals surface area contributed by atoms with Crippen LogP contribution >= 0.6 is 11.6 Å². The van der Waals surface area contributed by atoms with E-state index in [1.54, 1.807) is 0 Å². The van der Waals surface area contributed by atoms with Crippen LogP contribution in [-0.2, 0) is 0 Å². The molecule has 1 heterocycles. The van der Waals surface area contributed by atoms with Gasteiger partial charge in [-0.1, -0.05) is 103 Å². The van der Waals surface area contributed by atoms with E-state index in [1.165, 1.54) is 11.1 Å². The van der Waals surface area contributed by atoms with Crippen LogP contribution in [0.3, 0.4) is 0 Å². The molecule has 5 heteroatoms. The molecule has 4 nitrogen and oxygen atoms in total. The molecule has 1 aliphatic rings. The molecule has 0 saturated carbocycles. The van der Waals surface area contributed by atoms with Gasteiger partial charge in [-0.15, -0.1) is 0 Å². The molecule has 1 saturated heterocycles. The van der Waals surface area contributed by atoms with Crippen molar-refractivity contribution in [3.8, 4) is 5.75 Å². The summed E-state index contributed by atoms with van der Waals surface area (Å²) in [5.41, 5.74) is 4.47. The summed E-state index contributed by atoms with van der Waals surface area (Å²) in [6.45, 7) is 2.98. The van der Waals surface area contributed by atoms with Crippen LogP contribution in [0.25, 0.3) is 0 Å². The molecule has 0 bridgehead atoms. The minimum atomic E-state index is 0.0793. The Bertz CT molecular complexity index is 1380. The van der Waals surface area contributed by atoms with Gasteiger partial charge in [-0.2, -0.15) is 0 Å². The highest BCUT2D eigenvalue weighted by atomic mass is 35.5. The first kappa shape index (κ1) is 30.0. The van der Waals surface area contributed by atoms with Gasteiger partial charge < -0.3 is 14.5 Å². The molecule has 0 N–H and O–H groups in total. The fourth-order valence-electron chi connectivity index (χ4n) is 6.03. The largest absolute Gasteiger partial charge is 0.490 e. The fourth-order valence-corrected chi connectivity index (χ4v) is 6.29. The molecule has 0 amide bonds. The molecular weight excluding hydrogens is 540 g/mol.